The quantitative estimate of drug-likeness (QED) is 0.0883. The topological polar surface area (TPSA) is 106 Å². The third-order valence-corrected chi connectivity index (χ3v) is 15.9. The third-order valence-electron chi connectivity index (χ3n) is 15.9. The number of rotatable bonds is 7. The van der Waals surface area contributed by atoms with E-state index in [0.29, 0.717) is 52.5 Å². The molecule has 370 valence electrons. The fourth-order valence-corrected chi connectivity index (χ4v) is 12.3. The van der Waals surface area contributed by atoms with Gasteiger partial charge in [0.2, 0.25) is 5.75 Å². The summed E-state index contributed by atoms with van der Waals surface area (Å²) >= 11 is 0. The zero-order chi connectivity index (χ0) is 52.1. The van der Waals surface area contributed by atoms with Gasteiger partial charge in [0, 0.05) is 63.9 Å². The van der Waals surface area contributed by atoms with E-state index in [-0.39, 0.29) is 33.1 Å². The monoisotopic (exact) mass is 987 g/mol. The van der Waals surface area contributed by atoms with Gasteiger partial charge in [-0.25, -0.2) is 9.80 Å². The van der Waals surface area contributed by atoms with Crippen LogP contribution in [-0.4, -0.2) is 45.0 Å². The molecule has 0 bridgehead atoms. The van der Waals surface area contributed by atoms with Crippen molar-refractivity contribution in [1.82, 2.24) is 0 Å². The molecule has 4 amide bonds. The Bertz CT molecular complexity index is 4040. The van der Waals surface area contributed by atoms with Gasteiger partial charge in [0.05, 0.1) is 32.7 Å². The van der Waals surface area contributed by atoms with Gasteiger partial charge in [0.1, 0.15) is 0 Å². The molecule has 75 heavy (non-hydrogen) atoms. The van der Waals surface area contributed by atoms with E-state index in [1.54, 1.807) is 45.6 Å². The van der Waals surface area contributed by atoms with Gasteiger partial charge in [-0.3, -0.25) is 19.2 Å². The number of carbonyl (C=O) groups excluding carboxylic acids is 4. The number of ether oxygens (including phenoxy) is 3. The predicted octanol–water partition coefficient (Wildman–Crippen LogP) is 14.3. The van der Waals surface area contributed by atoms with Crippen LogP contribution in [0.3, 0.4) is 0 Å². The summed E-state index contributed by atoms with van der Waals surface area (Å²) in [6.45, 7) is 13.9. The molecule has 0 fully saturated rings. The van der Waals surface area contributed by atoms with E-state index >= 15 is 0 Å². The summed E-state index contributed by atoms with van der Waals surface area (Å²) in [4.78, 5) is 63.4. The second-order valence-electron chi connectivity index (χ2n) is 22.2. The second-order valence-corrected chi connectivity index (χ2v) is 22.2. The van der Waals surface area contributed by atoms with Gasteiger partial charge in [-0.15, -0.1) is 0 Å². The molecule has 0 aromatic heterocycles. The summed E-state index contributed by atoms with van der Waals surface area (Å²) in [5, 5.41) is 10.3. The summed E-state index contributed by atoms with van der Waals surface area (Å²) in [7, 11) is 4.89. The van der Waals surface area contributed by atoms with Crippen molar-refractivity contribution in [2.24, 2.45) is 0 Å². The molecule has 0 saturated carbocycles. The maximum atomic E-state index is 14.7. The number of hydrogen-bond donors (Lipinski definition) is 0. The third kappa shape index (κ3) is 6.57. The number of fused-ring (bicyclic) bond motifs is 2. The summed E-state index contributed by atoms with van der Waals surface area (Å²) in [5.74, 6) is -0.227. The molecule has 3 aliphatic rings. The van der Waals surface area contributed by atoms with E-state index in [0.717, 1.165) is 33.3 Å². The molecule has 0 atom stereocenters. The molecule has 13 rings (SSSR count). The minimum absolute atomic E-state index is 0.238. The Morgan fingerprint density at radius 1 is 0.413 bits per heavy atom. The first-order valence-electron chi connectivity index (χ1n) is 25.3. The molecule has 0 radical (unpaired) electrons. The minimum Gasteiger partial charge on any atom is -0.493 e. The Hall–Kier alpha value is -8.76. The predicted molar refractivity (Wildman–Crippen MR) is 299 cm³/mol. The van der Waals surface area contributed by atoms with Crippen molar-refractivity contribution in [3.8, 4) is 28.4 Å². The lowest BCUT2D eigenvalue weighted by molar-refractivity contribution is 0.0872. The lowest BCUT2D eigenvalue weighted by atomic mass is 9.80. The molecule has 3 aliphatic heterocycles. The highest BCUT2D eigenvalue weighted by Gasteiger charge is 2.42. The van der Waals surface area contributed by atoms with E-state index in [9.17, 15) is 19.2 Å². The normalized spacial score (nSPS) is 14.7. The van der Waals surface area contributed by atoms with Crippen LogP contribution < -0.4 is 28.9 Å². The zero-order valence-electron chi connectivity index (χ0n) is 43.3. The van der Waals surface area contributed by atoms with Crippen molar-refractivity contribution in [2.45, 2.75) is 65.5 Å². The Kier molecular flexibility index (Phi) is 9.90. The first kappa shape index (κ1) is 46.1. The molecule has 10 aromatic rings. The smallest absolute Gasteiger partial charge is 0.265 e. The highest BCUT2D eigenvalue weighted by molar-refractivity contribution is 6.42. The molecule has 10 heteroatoms. The van der Waals surface area contributed by atoms with Crippen molar-refractivity contribution in [3.05, 3.63) is 178 Å². The van der Waals surface area contributed by atoms with Gasteiger partial charge in [-0.05, 0) is 130 Å². The molecular weight excluding hydrogens is 935 g/mol. The maximum Gasteiger partial charge on any atom is 0.265 e. The Balaban J connectivity index is 0.838. The van der Waals surface area contributed by atoms with Gasteiger partial charge in [-0.1, -0.05) is 120 Å². The van der Waals surface area contributed by atoms with Gasteiger partial charge in [0.25, 0.3) is 23.6 Å². The fraction of sp³-hybridized carbons (Fsp3) is 0.200. The number of amides is 4. The van der Waals surface area contributed by atoms with Crippen LogP contribution in [0.4, 0.5) is 17.1 Å². The van der Waals surface area contributed by atoms with Gasteiger partial charge < -0.3 is 19.1 Å². The van der Waals surface area contributed by atoms with Crippen LogP contribution in [0, 0.1) is 0 Å². The van der Waals surface area contributed by atoms with E-state index in [4.69, 9.17) is 14.2 Å². The molecule has 0 spiro atoms. The van der Waals surface area contributed by atoms with Crippen LogP contribution in [0.25, 0.3) is 65.0 Å². The first-order valence-corrected chi connectivity index (χ1v) is 25.3. The van der Waals surface area contributed by atoms with Crippen molar-refractivity contribution in [3.63, 3.8) is 0 Å². The Morgan fingerprint density at radius 3 is 1.43 bits per heavy atom. The minimum atomic E-state index is -0.520. The summed E-state index contributed by atoms with van der Waals surface area (Å²) in [6.07, 6.45) is 0. The highest BCUT2D eigenvalue weighted by atomic mass is 16.5. The van der Waals surface area contributed by atoms with Gasteiger partial charge in [-0.2, -0.15) is 0 Å². The number of hydrogen-bond acceptors (Lipinski definition) is 8. The number of carbonyl (C=O) groups is 4. The summed E-state index contributed by atoms with van der Waals surface area (Å²) in [5.41, 5.74) is 8.68. The van der Waals surface area contributed by atoms with Crippen molar-refractivity contribution in [1.29, 1.82) is 0 Å². The van der Waals surface area contributed by atoms with E-state index < -0.39 is 23.6 Å². The highest BCUT2D eigenvalue weighted by Crippen LogP contribution is 2.49. The Morgan fingerprint density at radius 2 is 0.907 bits per heavy atom. The lowest BCUT2D eigenvalue weighted by Gasteiger charge is -2.35. The summed E-state index contributed by atoms with van der Waals surface area (Å²) in [6, 6.07) is 44.1. The number of anilines is 3. The zero-order valence-corrected chi connectivity index (χ0v) is 43.3. The number of methoxy groups -OCH3 is 3. The molecule has 10 nitrogen and oxygen atoms in total. The van der Waals surface area contributed by atoms with Crippen molar-refractivity contribution < 1.29 is 33.4 Å². The van der Waals surface area contributed by atoms with Gasteiger partial charge in [0.15, 0.2) is 11.5 Å². The van der Waals surface area contributed by atoms with E-state index in [2.05, 4.69) is 107 Å². The molecule has 10 aromatic carbocycles. The molecule has 0 aliphatic carbocycles. The van der Waals surface area contributed by atoms with E-state index in [1.807, 2.05) is 48.5 Å². The van der Waals surface area contributed by atoms with Crippen LogP contribution >= 0.6 is 0 Å². The van der Waals surface area contributed by atoms with Crippen LogP contribution in [0.15, 0.2) is 133 Å². The van der Waals surface area contributed by atoms with Crippen molar-refractivity contribution >= 4 is 94.6 Å². The fourth-order valence-electron chi connectivity index (χ4n) is 12.3. The number of imide groups is 2. The standard InChI is InChI=1S/C65H53N3O7/c1-64(2,3)37-17-28-50(65(4,5)6)51(29-37)68-62(71)48-26-24-46-57-47(25-27-49(58(48)57)63(68)72)61(70)67(60(46)69)38-18-13-34(14-19-38)40-22-23-43-45-21-16-36-33-66(39-30-52(73-7)59(75-9)53(31-39)74-8)32-35-15-20-44(56(45)54(35)36)42-12-10-11-41(40)55(42)43/h10-31H,32-33H2,1-9H3. The first-order chi connectivity index (χ1) is 36.0. The molecule has 0 N–H and O–H groups in total. The number of nitrogens with zero attached hydrogens (tertiary/aromatic N) is 3. The number of benzene rings is 10. The van der Waals surface area contributed by atoms with E-state index in [1.165, 1.54) is 58.6 Å². The largest absolute Gasteiger partial charge is 0.493 e. The van der Waals surface area contributed by atoms with Crippen LogP contribution in [0.5, 0.6) is 17.2 Å². The SMILES string of the molecule is COc1cc(N2Cc3ccc4c5cccc6c(-c7ccc(N8C(=O)c9ccc%10c%11c(ccc(c9%11)C8=O)C(=O)N(c8cc(C(C)(C)C)ccc8C(C)(C)C)C%10=O)cc7)ccc(c7ccc(c3c47)C2)c65)cc(OC)c1OC. The van der Waals surface area contributed by atoms with Crippen LogP contribution in [0.1, 0.15) is 105 Å². The summed E-state index contributed by atoms with van der Waals surface area (Å²) < 4.78 is 17.0. The molecule has 0 saturated heterocycles. The van der Waals surface area contributed by atoms with Crippen LogP contribution in [0.2, 0.25) is 0 Å². The maximum absolute atomic E-state index is 14.7. The van der Waals surface area contributed by atoms with Gasteiger partial charge >= 0.3 is 0 Å². The lowest BCUT2D eigenvalue weighted by Crippen LogP contribution is -2.44. The average Bonchev–Trinajstić information content (AvgIpc) is 3.42. The second kappa shape index (κ2) is 16.1. The molecular formula is C65H53N3O7. The Labute approximate surface area is 433 Å². The van der Waals surface area contributed by atoms with Crippen molar-refractivity contribution in [2.75, 3.05) is 36.0 Å². The molecule has 0 unspecified atom stereocenters. The molecule has 3 heterocycles. The van der Waals surface area contributed by atoms with Crippen LogP contribution in [-0.2, 0) is 23.9 Å². The average molecular weight is 988 g/mol.